The van der Waals surface area contributed by atoms with E-state index in [1.165, 1.54) is 0 Å². The van der Waals surface area contributed by atoms with Crippen LogP contribution in [0.2, 0.25) is 5.02 Å². The van der Waals surface area contributed by atoms with Gasteiger partial charge in [0.25, 0.3) is 11.8 Å². The number of hydrogen-bond donors (Lipinski definition) is 0. The summed E-state index contributed by atoms with van der Waals surface area (Å²) in [6.45, 7) is 2.67. The van der Waals surface area contributed by atoms with Crippen LogP contribution in [0.25, 0.3) is 0 Å². The Labute approximate surface area is 222 Å². The van der Waals surface area contributed by atoms with Crippen LogP contribution in [-0.4, -0.2) is 29.6 Å². The minimum absolute atomic E-state index is 0.166. The van der Waals surface area contributed by atoms with Crippen molar-refractivity contribution in [3.05, 3.63) is 68.3 Å². The van der Waals surface area contributed by atoms with Crippen LogP contribution in [0.1, 0.15) is 24.5 Å². The second-order valence-electron chi connectivity index (χ2n) is 9.53. The molecule has 7 rings (SSSR count). The highest BCUT2D eigenvalue weighted by Crippen LogP contribution is 2.65. The number of carbonyl (C=O) groups is 2. The van der Waals surface area contributed by atoms with E-state index < -0.39 is 0 Å². The molecule has 0 radical (unpaired) electrons. The van der Waals surface area contributed by atoms with Gasteiger partial charge in [-0.1, -0.05) is 42.0 Å². The molecule has 1 heterocycles. The van der Waals surface area contributed by atoms with Crippen LogP contribution in [-0.2, 0) is 16.2 Å². The smallest absolute Gasteiger partial charge is 0.254 e. The van der Waals surface area contributed by atoms with E-state index >= 15 is 0 Å². The lowest BCUT2D eigenvalue weighted by Gasteiger charge is -2.37. The van der Waals surface area contributed by atoms with E-state index in [9.17, 15) is 9.59 Å². The summed E-state index contributed by atoms with van der Waals surface area (Å²) in [5.74, 6) is 1.87. The first-order valence-electron chi connectivity index (χ1n) is 11.9. The van der Waals surface area contributed by atoms with E-state index in [1.807, 2.05) is 43.3 Å². The Hall–Kier alpha value is -2.39. The van der Waals surface area contributed by atoms with Crippen molar-refractivity contribution in [3.63, 3.8) is 0 Å². The number of carbonyl (C=O) groups excluding carboxylic acids is 2. The Morgan fingerprint density at radius 3 is 2.43 bits per heavy atom. The molecule has 2 amide bonds. The molecule has 0 N–H and O–H groups in total. The highest BCUT2D eigenvalue weighted by molar-refractivity contribution is 14.1. The highest BCUT2D eigenvalue weighted by Gasteiger charge is 2.67. The van der Waals surface area contributed by atoms with Gasteiger partial charge in [0.1, 0.15) is 6.61 Å². The number of ether oxygens (including phenoxy) is 2. The van der Waals surface area contributed by atoms with Gasteiger partial charge in [-0.15, -0.1) is 0 Å². The molecular weight excluding hydrogens is 579 g/mol. The van der Waals surface area contributed by atoms with Gasteiger partial charge in [-0.3, -0.25) is 9.59 Å². The number of hydrogen-bond acceptors (Lipinski definition) is 5. The van der Waals surface area contributed by atoms with Crippen LogP contribution in [0, 0.1) is 39.1 Å². The molecule has 4 aliphatic carbocycles. The van der Waals surface area contributed by atoms with Crippen LogP contribution in [0.5, 0.6) is 11.5 Å². The lowest BCUT2D eigenvalue weighted by Crippen LogP contribution is -2.40. The topological polar surface area (TPSA) is 68.2 Å². The molecule has 3 fully saturated rings. The van der Waals surface area contributed by atoms with E-state index in [0.29, 0.717) is 41.6 Å². The molecule has 0 aromatic heterocycles. The fraction of sp³-hybridized carbons (Fsp3) is 0.370. The van der Waals surface area contributed by atoms with Crippen molar-refractivity contribution in [1.82, 2.24) is 5.01 Å². The van der Waals surface area contributed by atoms with E-state index in [4.69, 9.17) is 21.1 Å². The maximum absolute atomic E-state index is 13.2. The lowest BCUT2D eigenvalue weighted by atomic mass is 9.63. The third-order valence-electron chi connectivity index (χ3n) is 7.62. The van der Waals surface area contributed by atoms with E-state index in [-0.39, 0.29) is 35.5 Å². The van der Waals surface area contributed by atoms with Crippen LogP contribution in [0.15, 0.2) is 53.7 Å². The number of nitrogens with zero attached hydrogens (tertiary/aromatic N) is 2. The van der Waals surface area contributed by atoms with Crippen molar-refractivity contribution in [2.24, 2.45) is 40.6 Å². The monoisotopic (exact) mass is 602 g/mol. The predicted molar refractivity (Wildman–Crippen MR) is 140 cm³/mol. The maximum atomic E-state index is 13.2. The van der Waals surface area contributed by atoms with Crippen LogP contribution in [0.4, 0.5) is 0 Å². The molecule has 8 heteroatoms. The fourth-order valence-electron chi connectivity index (χ4n) is 6.01. The van der Waals surface area contributed by atoms with E-state index in [1.54, 1.807) is 6.21 Å². The SMILES string of the molecule is CCOc1cc(/C=N\N2C(=O)[C@@H]3[C@H]4C=C[C@@H]([C@@H]5C[C@@H]45)[C@H]3C2=O)cc(I)c1OCc1ccccc1Cl. The molecule has 35 heavy (non-hydrogen) atoms. The first-order valence-corrected chi connectivity index (χ1v) is 13.4. The first kappa shape index (κ1) is 23.0. The van der Waals surface area contributed by atoms with Gasteiger partial charge in [-0.05, 0) is 83.4 Å². The maximum Gasteiger partial charge on any atom is 0.254 e. The van der Waals surface area contributed by atoms with Crippen LogP contribution >= 0.6 is 34.2 Å². The number of hydrazone groups is 1. The minimum Gasteiger partial charge on any atom is -0.490 e. The summed E-state index contributed by atoms with van der Waals surface area (Å²) in [4.78, 5) is 26.3. The molecule has 0 unspecified atom stereocenters. The number of imide groups is 1. The van der Waals surface area contributed by atoms with Gasteiger partial charge in [-0.25, -0.2) is 0 Å². The van der Waals surface area contributed by atoms with Crippen LogP contribution in [0.3, 0.4) is 0 Å². The van der Waals surface area contributed by atoms with Crippen molar-refractivity contribution in [2.75, 3.05) is 6.61 Å². The molecule has 2 bridgehead atoms. The summed E-state index contributed by atoms with van der Waals surface area (Å²) >= 11 is 8.46. The molecular formula is C27H24ClIN2O4. The van der Waals surface area contributed by atoms with Gasteiger partial charge in [0.05, 0.1) is 28.2 Å². The Bertz CT molecular complexity index is 1240. The van der Waals surface area contributed by atoms with Gasteiger partial charge in [0.15, 0.2) is 11.5 Å². The standard InChI is InChI=1S/C27H24ClIN2O4/c1-2-34-22-10-14(9-21(29)25(22)35-13-15-5-3-4-6-20(15)28)12-30-31-26(32)23-16-7-8-17(19-11-18(16)19)24(23)27(31)33/h3-10,12,16-19,23-24H,2,11,13H2,1H3/b30-12-/t16-,17-,18-,19-,23+,24+/m0/s1. The van der Waals surface area contributed by atoms with E-state index in [2.05, 4.69) is 39.8 Å². The van der Waals surface area contributed by atoms with E-state index in [0.717, 1.165) is 26.1 Å². The fourth-order valence-corrected chi connectivity index (χ4v) is 6.98. The van der Waals surface area contributed by atoms with Gasteiger partial charge in [0.2, 0.25) is 0 Å². The third-order valence-corrected chi connectivity index (χ3v) is 8.79. The Balaban J connectivity index is 1.23. The number of halogens is 2. The van der Waals surface area contributed by atoms with Crippen molar-refractivity contribution in [3.8, 4) is 11.5 Å². The lowest BCUT2D eigenvalue weighted by molar-refractivity contribution is -0.140. The van der Waals surface area contributed by atoms with Crippen LogP contribution < -0.4 is 9.47 Å². The zero-order valence-electron chi connectivity index (χ0n) is 19.1. The predicted octanol–water partition coefficient (Wildman–Crippen LogP) is 5.31. The molecule has 2 aromatic carbocycles. The molecule has 180 valence electrons. The average molecular weight is 603 g/mol. The number of rotatable bonds is 7. The zero-order valence-corrected chi connectivity index (χ0v) is 22.0. The number of benzene rings is 2. The molecule has 6 atom stereocenters. The number of allylic oxidation sites excluding steroid dienone is 2. The normalized spacial score (nSPS) is 30.1. The second-order valence-corrected chi connectivity index (χ2v) is 11.1. The average Bonchev–Trinajstić information content (AvgIpc) is 3.63. The van der Waals surface area contributed by atoms with Gasteiger partial charge in [0, 0.05) is 10.6 Å². The molecule has 6 nitrogen and oxygen atoms in total. The zero-order chi connectivity index (χ0) is 24.3. The first-order chi connectivity index (χ1) is 17.0. The molecule has 2 saturated carbocycles. The quantitative estimate of drug-likeness (QED) is 0.187. The third kappa shape index (κ3) is 3.87. The Kier molecular flexibility index (Phi) is 5.87. The van der Waals surface area contributed by atoms with Crippen molar-refractivity contribution >= 4 is 52.2 Å². The highest BCUT2D eigenvalue weighted by atomic mass is 127. The Morgan fingerprint density at radius 1 is 1.09 bits per heavy atom. The summed E-state index contributed by atoms with van der Waals surface area (Å²) in [5.41, 5.74) is 1.61. The summed E-state index contributed by atoms with van der Waals surface area (Å²) in [6, 6.07) is 11.3. The molecule has 1 saturated heterocycles. The molecule has 5 aliphatic rings. The summed E-state index contributed by atoms with van der Waals surface area (Å²) in [5, 5.41) is 6.10. The van der Waals surface area contributed by atoms with Crippen molar-refractivity contribution < 1.29 is 19.1 Å². The molecule has 0 spiro atoms. The minimum atomic E-state index is -0.252. The van der Waals surface area contributed by atoms with Crippen molar-refractivity contribution in [1.29, 1.82) is 0 Å². The van der Waals surface area contributed by atoms with Gasteiger partial charge < -0.3 is 9.47 Å². The summed E-state index contributed by atoms with van der Waals surface area (Å²) < 4.78 is 12.7. The van der Waals surface area contributed by atoms with Crippen molar-refractivity contribution in [2.45, 2.75) is 20.0 Å². The molecule has 2 aromatic rings. The van der Waals surface area contributed by atoms with Gasteiger partial charge >= 0.3 is 0 Å². The second kappa shape index (κ2) is 8.92. The molecule has 1 aliphatic heterocycles. The van der Waals surface area contributed by atoms with Gasteiger partial charge in [-0.2, -0.15) is 10.1 Å². The number of amides is 2. The Morgan fingerprint density at radius 2 is 1.77 bits per heavy atom. The summed E-state index contributed by atoms with van der Waals surface area (Å²) in [7, 11) is 0. The summed E-state index contributed by atoms with van der Waals surface area (Å²) in [6.07, 6.45) is 7.03. The largest absolute Gasteiger partial charge is 0.490 e.